The summed E-state index contributed by atoms with van der Waals surface area (Å²) in [6, 6.07) is 4.87. The van der Waals surface area contributed by atoms with Gasteiger partial charge in [-0.15, -0.1) is 0 Å². The molecule has 0 amide bonds. The Balaban J connectivity index is 2.86. The smallest absolute Gasteiger partial charge is 0.211 e. The highest BCUT2D eigenvalue weighted by Gasteiger charge is 2.16. The zero-order chi connectivity index (χ0) is 12.9. The Morgan fingerprint density at radius 3 is 2.76 bits per heavy atom. The van der Waals surface area contributed by atoms with E-state index in [2.05, 4.69) is 4.72 Å². The molecule has 0 aliphatic heterocycles. The average molecular weight is 274 g/mol. The molecule has 0 heterocycles. The van der Waals surface area contributed by atoms with Crippen molar-refractivity contribution >= 4 is 21.6 Å². The van der Waals surface area contributed by atoms with Crippen LogP contribution in [0.5, 0.6) is 0 Å². The van der Waals surface area contributed by atoms with Crippen LogP contribution >= 0.6 is 11.6 Å². The molecule has 1 N–H and O–H groups in total. The van der Waals surface area contributed by atoms with Crippen molar-refractivity contribution in [3.05, 3.63) is 40.9 Å². The van der Waals surface area contributed by atoms with Gasteiger partial charge >= 0.3 is 0 Å². The van der Waals surface area contributed by atoms with E-state index >= 15 is 0 Å². The number of halogens is 1. The lowest BCUT2D eigenvalue weighted by atomic mass is 10.2. The predicted octanol–water partition coefficient (Wildman–Crippen LogP) is 2.89. The van der Waals surface area contributed by atoms with Crippen molar-refractivity contribution in [2.45, 2.75) is 25.2 Å². The van der Waals surface area contributed by atoms with E-state index in [1.807, 2.05) is 19.1 Å². The first kappa shape index (κ1) is 14.2. The number of hydrogen-bond donors (Lipinski definition) is 1. The van der Waals surface area contributed by atoms with Crippen molar-refractivity contribution in [3.63, 3.8) is 0 Å². The molecule has 3 nitrogen and oxygen atoms in total. The summed E-state index contributed by atoms with van der Waals surface area (Å²) in [4.78, 5) is 0.241. The zero-order valence-corrected chi connectivity index (χ0v) is 11.5. The van der Waals surface area contributed by atoms with Gasteiger partial charge in [0.1, 0.15) is 0 Å². The van der Waals surface area contributed by atoms with Crippen LogP contribution in [-0.2, 0) is 10.0 Å². The lowest BCUT2D eigenvalue weighted by molar-refractivity contribution is 0.581. The highest BCUT2D eigenvalue weighted by molar-refractivity contribution is 7.89. The van der Waals surface area contributed by atoms with Gasteiger partial charge in [0, 0.05) is 11.6 Å². The Morgan fingerprint density at radius 2 is 2.12 bits per heavy atom. The van der Waals surface area contributed by atoms with E-state index in [0.717, 1.165) is 0 Å². The molecule has 0 aromatic heterocycles. The van der Waals surface area contributed by atoms with Crippen LogP contribution in [0.1, 0.15) is 18.9 Å². The molecule has 0 saturated heterocycles. The fraction of sp³-hybridized carbons (Fsp3) is 0.333. The highest BCUT2D eigenvalue weighted by atomic mass is 35.5. The number of hydrogen-bond acceptors (Lipinski definition) is 2. The fourth-order valence-corrected chi connectivity index (χ4v) is 2.94. The molecule has 0 bridgehead atoms. The molecular formula is C12H16ClNO2S. The van der Waals surface area contributed by atoms with Crippen LogP contribution in [0.4, 0.5) is 0 Å². The van der Waals surface area contributed by atoms with Gasteiger partial charge in [0.2, 0.25) is 10.0 Å². The molecule has 94 valence electrons. The van der Waals surface area contributed by atoms with Gasteiger partial charge in [-0.3, -0.25) is 0 Å². The summed E-state index contributed by atoms with van der Waals surface area (Å²) in [5, 5.41) is 0.460. The molecule has 1 rings (SSSR count). The lowest BCUT2D eigenvalue weighted by Crippen LogP contribution is -2.25. The van der Waals surface area contributed by atoms with E-state index < -0.39 is 10.0 Å². The van der Waals surface area contributed by atoms with Crippen molar-refractivity contribution in [1.82, 2.24) is 4.72 Å². The van der Waals surface area contributed by atoms with E-state index in [1.165, 1.54) is 0 Å². The topological polar surface area (TPSA) is 46.2 Å². The monoisotopic (exact) mass is 273 g/mol. The third-order valence-electron chi connectivity index (χ3n) is 2.35. The van der Waals surface area contributed by atoms with E-state index in [1.54, 1.807) is 25.1 Å². The third kappa shape index (κ3) is 3.84. The van der Waals surface area contributed by atoms with E-state index in [-0.39, 0.29) is 4.90 Å². The van der Waals surface area contributed by atoms with Gasteiger partial charge in [-0.25, -0.2) is 13.1 Å². The summed E-state index contributed by atoms with van der Waals surface area (Å²) >= 11 is 5.90. The largest absolute Gasteiger partial charge is 0.240 e. The second kappa shape index (κ2) is 6.19. The molecule has 17 heavy (non-hydrogen) atoms. The minimum absolute atomic E-state index is 0.241. The molecule has 0 fully saturated rings. The Labute approximate surface area is 108 Å². The van der Waals surface area contributed by atoms with Gasteiger partial charge in [-0.1, -0.05) is 29.8 Å². The zero-order valence-electron chi connectivity index (χ0n) is 9.90. The van der Waals surface area contributed by atoms with Gasteiger partial charge in [-0.2, -0.15) is 0 Å². The maximum Gasteiger partial charge on any atom is 0.240 e. The second-order valence-corrected chi connectivity index (χ2v) is 5.76. The summed E-state index contributed by atoms with van der Waals surface area (Å²) < 4.78 is 26.5. The van der Waals surface area contributed by atoms with E-state index in [0.29, 0.717) is 23.6 Å². The Kier molecular flexibility index (Phi) is 5.18. The molecule has 0 aliphatic rings. The van der Waals surface area contributed by atoms with Crippen molar-refractivity contribution in [2.75, 3.05) is 6.54 Å². The molecule has 1 aromatic rings. The molecule has 0 saturated carbocycles. The summed E-state index contributed by atoms with van der Waals surface area (Å²) in [5.74, 6) is 0. The van der Waals surface area contributed by atoms with Gasteiger partial charge in [-0.05, 0) is 38.0 Å². The van der Waals surface area contributed by atoms with Gasteiger partial charge in [0.05, 0.1) is 4.90 Å². The number of rotatable bonds is 5. The summed E-state index contributed by atoms with van der Waals surface area (Å²) in [7, 11) is -3.46. The summed E-state index contributed by atoms with van der Waals surface area (Å²) in [6.07, 6.45) is 4.47. The van der Waals surface area contributed by atoms with Gasteiger partial charge in [0.25, 0.3) is 0 Å². The van der Waals surface area contributed by atoms with Crippen molar-refractivity contribution < 1.29 is 8.42 Å². The van der Waals surface area contributed by atoms with Crippen LogP contribution in [0.15, 0.2) is 35.2 Å². The molecule has 1 aromatic carbocycles. The molecule has 0 unspecified atom stereocenters. The lowest BCUT2D eigenvalue weighted by Gasteiger charge is -2.09. The Hall–Kier alpha value is -0.840. The quantitative estimate of drug-likeness (QED) is 0.662. The molecule has 0 atom stereocenters. The van der Waals surface area contributed by atoms with Crippen molar-refractivity contribution in [1.29, 1.82) is 0 Å². The van der Waals surface area contributed by atoms with Crippen LogP contribution in [0, 0.1) is 6.92 Å². The first-order valence-corrected chi connectivity index (χ1v) is 7.21. The van der Waals surface area contributed by atoms with E-state index in [4.69, 9.17) is 11.6 Å². The van der Waals surface area contributed by atoms with Gasteiger partial charge < -0.3 is 0 Å². The Morgan fingerprint density at radius 1 is 1.41 bits per heavy atom. The Bertz CT molecular complexity index is 509. The maximum absolute atomic E-state index is 12.0. The molecular weight excluding hydrogens is 258 g/mol. The van der Waals surface area contributed by atoms with Crippen molar-refractivity contribution in [3.8, 4) is 0 Å². The highest BCUT2D eigenvalue weighted by Crippen LogP contribution is 2.22. The molecule has 5 heteroatoms. The number of benzene rings is 1. The number of nitrogens with one attached hydrogen (secondary N) is 1. The normalized spacial score (nSPS) is 12.2. The minimum atomic E-state index is -3.46. The fourth-order valence-electron chi connectivity index (χ4n) is 1.40. The molecule has 0 radical (unpaired) electrons. The first-order valence-electron chi connectivity index (χ1n) is 5.35. The summed E-state index contributed by atoms with van der Waals surface area (Å²) in [6.45, 7) is 3.98. The van der Waals surface area contributed by atoms with Crippen LogP contribution in [0.25, 0.3) is 0 Å². The predicted molar refractivity (Wildman–Crippen MR) is 70.8 cm³/mol. The minimum Gasteiger partial charge on any atom is -0.211 e. The van der Waals surface area contributed by atoms with Crippen LogP contribution in [0.2, 0.25) is 5.02 Å². The van der Waals surface area contributed by atoms with Crippen LogP contribution < -0.4 is 4.72 Å². The van der Waals surface area contributed by atoms with Gasteiger partial charge in [0.15, 0.2) is 0 Å². The SMILES string of the molecule is C/C=C/CCNS(=O)(=O)c1cccc(Cl)c1C. The molecule has 0 aliphatic carbocycles. The van der Waals surface area contributed by atoms with Crippen molar-refractivity contribution in [2.24, 2.45) is 0 Å². The third-order valence-corrected chi connectivity index (χ3v) is 4.36. The van der Waals surface area contributed by atoms with Crippen LogP contribution in [0.3, 0.4) is 0 Å². The first-order chi connectivity index (χ1) is 7.99. The molecule has 0 spiro atoms. The summed E-state index contributed by atoms with van der Waals surface area (Å²) in [5.41, 5.74) is 0.577. The average Bonchev–Trinajstić information content (AvgIpc) is 2.28. The van der Waals surface area contributed by atoms with Crippen LogP contribution in [-0.4, -0.2) is 15.0 Å². The second-order valence-electron chi connectivity index (χ2n) is 3.62. The number of allylic oxidation sites excluding steroid dienone is 1. The number of sulfonamides is 1. The standard InChI is InChI=1S/C12H16ClNO2S/c1-3-4-5-9-14-17(15,16)12-8-6-7-11(13)10(12)2/h3-4,6-8,14H,5,9H2,1-2H3/b4-3+. The maximum atomic E-state index is 12.0. The van der Waals surface area contributed by atoms with E-state index in [9.17, 15) is 8.42 Å².